The van der Waals surface area contributed by atoms with Crippen molar-refractivity contribution in [3.05, 3.63) is 54.4 Å². The van der Waals surface area contributed by atoms with E-state index >= 15 is 0 Å². The van der Waals surface area contributed by atoms with Crippen molar-refractivity contribution >= 4 is 0 Å². The maximum atomic E-state index is 8.97. The van der Waals surface area contributed by atoms with Crippen molar-refractivity contribution < 1.29 is 0 Å². The zero-order valence-electron chi connectivity index (χ0n) is 11.4. The second-order valence-electron chi connectivity index (χ2n) is 5.07. The molecule has 0 amide bonds. The van der Waals surface area contributed by atoms with E-state index in [1.807, 2.05) is 12.1 Å². The maximum absolute atomic E-state index is 8.97. The van der Waals surface area contributed by atoms with Crippen LogP contribution in [0.25, 0.3) is 11.1 Å². The minimum atomic E-state index is 0.298. The second kappa shape index (κ2) is 6.15. The molecule has 0 saturated carbocycles. The van der Waals surface area contributed by atoms with Crippen LogP contribution in [0.2, 0.25) is 0 Å². The van der Waals surface area contributed by atoms with Gasteiger partial charge in [0.15, 0.2) is 0 Å². The quantitative estimate of drug-likeness (QED) is 0.806. The summed E-state index contributed by atoms with van der Waals surface area (Å²) in [4.78, 5) is 4.04. The number of benzene rings is 1. The van der Waals surface area contributed by atoms with E-state index in [1.165, 1.54) is 11.1 Å². The van der Waals surface area contributed by atoms with Crippen molar-refractivity contribution in [1.29, 1.82) is 5.26 Å². The summed E-state index contributed by atoms with van der Waals surface area (Å²) in [5.41, 5.74) is 3.59. The molecule has 2 heteroatoms. The van der Waals surface area contributed by atoms with Gasteiger partial charge in [-0.2, -0.15) is 5.26 Å². The summed E-state index contributed by atoms with van der Waals surface area (Å²) in [6.07, 6.45) is 4.17. The molecular weight excluding hydrogens is 232 g/mol. The Labute approximate surface area is 114 Å². The average molecular weight is 250 g/mol. The highest BCUT2D eigenvalue weighted by molar-refractivity contribution is 5.63. The van der Waals surface area contributed by atoms with Gasteiger partial charge in [0, 0.05) is 18.8 Å². The summed E-state index contributed by atoms with van der Waals surface area (Å²) in [6, 6.07) is 14.8. The van der Waals surface area contributed by atoms with Crippen LogP contribution in [0, 0.1) is 17.2 Å². The minimum absolute atomic E-state index is 0.298. The van der Waals surface area contributed by atoms with Crippen LogP contribution in [0.1, 0.15) is 31.7 Å². The van der Waals surface area contributed by atoms with Crippen LogP contribution in [0.4, 0.5) is 0 Å². The molecule has 0 saturated heterocycles. The van der Waals surface area contributed by atoms with E-state index in [2.05, 4.69) is 49.2 Å². The van der Waals surface area contributed by atoms with Crippen molar-refractivity contribution in [3.63, 3.8) is 0 Å². The molecule has 0 aliphatic heterocycles. The SMILES string of the molecule is CC(C)C(CC#N)c1cccc(-c2ccncc2)c1. The first kappa shape index (κ1) is 13.3. The van der Waals surface area contributed by atoms with E-state index in [0.717, 1.165) is 5.56 Å². The van der Waals surface area contributed by atoms with E-state index in [1.54, 1.807) is 12.4 Å². The largest absolute Gasteiger partial charge is 0.265 e. The molecule has 0 aliphatic rings. The summed E-state index contributed by atoms with van der Waals surface area (Å²) in [6.45, 7) is 4.34. The molecule has 1 unspecified atom stereocenters. The molecule has 19 heavy (non-hydrogen) atoms. The lowest BCUT2D eigenvalue weighted by Crippen LogP contribution is -2.06. The predicted molar refractivity (Wildman–Crippen MR) is 77.5 cm³/mol. The highest BCUT2D eigenvalue weighted by Gasteiger charge is 2.15. The molecule has 1 aromatic carbocycles. The highest BCUT2D eigenvalue weighted by Crippen LogP contribution is 2.30. The molecule has 2 nitrogen and oxygen atoms in total. The first-order valence-electron chi connectivity index (χ1n) is 6.59. The lowest BCUT2D eigenvalue weighted by molar-refractivity contribution is 0.506. The third-order valence-electron chi connectivity index (χ3n) is 3.44. The standard InChI is InChI=1S/C17H18N2/c1-13(2)17(6-9-18)16-5-3-4-15(12-16)14-7-10-19-11-8-14/h3-5,7-8,10-13,17H,6H2,1-2H3. The van der Waals surface area contributed by atoms with Gasteiger partial charge in [0.25, 0.3) is 0 Å². The van der Waals surface area contributed by atoms with Crippen LogP contribution in [0.5, 0.6) is 0 Å². The number of nitriles is 1. The summed E-state index contributed by atoms with van der Waals surface area (Å²) >= 11 is 0. The van der Waals surface area contributed by atoms with Gasteiger partial charge >= 0.3 is 0 Å². The Kier molecular flexibility index (Phi) is 4.30. The Hall–Kier alpha value is -2.14. The molecule has 0 bridgehead atoms. The zero-order chi connectivity index (χ0) is 13.7. The Morgan fingerprint density at radius 3 is 2.47 bits per heavy atom. The third kappa shape index (κ3) is 3.20. The summed E-state index contributed by atoms with van der Waals surface area (Å²) in [5, 5.41) is 8.97. The van der Waals surface area contributed by atoms with Crippen LogP contribution in [-0.4, -0.2) is 4.98 Å². The predicted octanol–water partition coefficient (Wildman–Crippen LogP) is 4.40. The zero-order valence-corrected chi connectivity index (χ0v) is 11.4. The Morgan fingerprint density at radius 1 is 1.11 bits per heavy atom. The minimum Gasteiger partial charge on any atom is -0.265 e. The summed E-state index contributed by atoms with van der Waals surface area (Å²) < 4.78 is 0. The maximum Gasteiger partial charge on any atom is 0.0628 e. The van der Waals surface area contributed by atoms with Crippen LogP contribution in [-0.2, 0) is 0 Å². The molecule has 0 radical (unpaired) electrons. The first-order chi connectivity index (χ1) is 9.22. The van der Waals surface area contributed by atoms with Crippen LogP contribution < -0.4 is 0 Å². The summed E-state index contributed by atoms with van der Waals surface area (Å²) in [7, 11) is 0. The smallest absolute Gasteiger partial charge is 0.0628 e. The van der Waals surface area contributed by atoms with Gasteiger partial charge in [0.2, 0.25) is 0 Å². The van der Waals surface area contributed by atoms with Gasteiger partial charge in [-0.05, 0) is 40.7 Å². The van der Waals surface area contributed by atoms with Gasteiger partial charge in [-0.25, -0.2) is 0 Å². The van der Waals surface area contributed by atoms with Gasteiger partial charge in [-0.1, -0.05) is 38.1 Å². The molecule has 0 aliphatic carbocycles. The molecule has 1 heterocycles. The van der Waals surface area contributed by atoms with Crippen molar-refractivity contribution in [1.82, 2.24) is 4.98 Å². The lowest BCUT2D eigenvalue weighted by atomic mass is 9.85. The van der Waals surface area contributed by atoms with E-state index in [-0.39, 0.29) is 0 Å². The summed E-state index contributed by atoms with van der Waals surface area (Å²) in [5.74, 6) is 0.763. The third-order valence-corrected chi connectivity index (χ3v) is 3.44. The molecule has 0 spiro atoms. The van der Waals surface area contributed by atoms with Crippen molar-refractivity contribution in [3.8, 4) is 17.2 Å². The van der Waals surface area contributed by atoms with Gasteiger partial charge in [-0.3, -0.25) is 4.98 Å². The number of nitrogens with zero attached hydrogens (tertiary/aromatic N) is 2. The number of hydrogen-bond donors (Lipinski definition) is 0. The fourth-order valence-electron chi connectivity index (χ4n) is 2.33. The van der Waals surface area contributed by atoms with Gasteiger partial charge in [0.1, 0.15) is 0 Å². The number of rotatable bonds is 4. The van der Waals surface area contributed by atoms with Crippen LogP contribution >= 0.6 is 0 Å². The first-order valence-corrected chi connectivity index (χ1v) is 6.59. The molecule has 2 aromatic rings. The lowest BCUT2D eigenvalue weighted by Gasteiger charge is -2.19. The Morgan fingerprint density at radius 2 is 1.84 bits per heavy atom. The Bertz CT molecular complexity index is 567. The topological polar surface area (TPSA) is 36.7 Å². The fourth-order valence-corrected chi connectivity index (χ4v) is 2.33. The van der Waals surface area contributed by atoms with E-state index in [0.29, 0.717) is 18.3 Å². The molecule has 0 N–H and O–H groups in total. The van der Waals surface area contributed by atoms with Gasteiger partial charge < -0.3 is 0 Å². The number of hydrogen-bond acceptors (Lipinski definition) is 2. The number of pyridine rings is 1. The number of aromatic nitrogens is 1. The Balaban J connectivity index is 2.36. The van der Waals surface area contributed by atoms with Crippen molar-refractivity contribution in [2.75, 3.05) is 0 Å². The van der Waals surface area contributed by atoms with Crippen molar-refractivity contribution in [2.24, 2.45) is 5.92 Å². The van der Waals surface area contributed by atoms with E-state index in [4.69, 9.17) is 5.26 Å². The molecule has 96 valence electrons. The highest BCUT2D eigenvalue weighted by atomic mass is 14.6. The van der Waals surface area contributed by atoms with Crippen LogP contribution in [0.3, 0.4) is 0 Å². The average Bonchev–Trinajstić information content (AvgIpc) is 2.45. The molecule has 2 rings (SSSR count). The van der Waals surface area contributed by atoms with Crippen molar-refractivity contribution in [2.45, 2.75) is 26.2 Å². The van der Waals surface area contributed by atoms with E-state index < -0.39 is 0 Å². The second-order valence-corrected chi connectivity index (χ2v) is 5.07. The molecule has 1 aromatic heterocycles. The van der Waals surface area contributed by atoms with Gasteiger partial charge in [-0.15, -0.1) is 0 Å². The monoisotopic (exact) mass is 250 g/mol. The molecule has 0 fully saturated rings. The fraction of sp³-hybridized carbons (Fsp3) is 0.294. The molecular formula is C17H18N2. The normalized spacial score (nSPS) is 12.1. The van der Waals surface area contributed by atoms with Gasteiger partial charge in [0.05, 0.1) is 6.07 Å². The van der Waals surface area contributed by atoms with E-state index in [9.17, 15) is 0 Å². The van der Waals surface area contributed by atoms with Crippen LogP contribution in [0.15, 0.2) is 48.8 Å². The molecule has 1 atom stereocenters.